The Morgan fingerprint density at radius 3 is 2.48 bits per heavy atom. The zero-order chi connectivity index (χ0) is 15.1. The van der Waals surface area contributed by atoms with Crippen LogP contribution in [0.3, 0.4) is 0 Å². The molecule has 1 heterocycles. The van der Waals surface area contributed by atoms with Gasteiger partial charge < -0.3 is 10.2 Å². The minimum absolute atomic E-state index is 0.639. The van der Waals surface area contributed by atoms with Crippen molar-refractivity contribution in [3.05, 3.63) is 29.8 Å². The first-order valence-electron chi connectivity index (χ1n) is 8.87. The minimum Gasteiger partial charge on any atom is -0.366 e. The maximum atomic E-state index is 3.72. The van der Waals surface area contributed by atoms with Gasteiger partial charge in [-0.2, -0.15) is 0 Å². The van der Waals surface area contributed by atoms with Crippen LogP contribution < -0.4 is 10.2 Å². The molecular weight excluding hydrogens is 256 g/mol. The number of nitrogens with one attached hydrogen (secondary N) is 1. The van der Waals surface area contributed by atoms with Crippen molar-refractivity contribution in [3.63, 3.8) is 0 Å². The van der Waals surface area contributed by atoms with Crippen LogP contribution in [0.2, 0.25) is 0 Å². The minimum atomic E-state index is 0.639. The van der Waals surface area contributed by atoms with Crippen LogP contribution in [-0.4, -0.2) is 25.2 Å². The van der Waals surface area contributed by atoms with Gasteiger partial charge in [0.2, 0.25) is 0 Å². The summed E-state index contributed by atoms with van der Waals surface area (Å²) in [5.74, 6) is 0. The summed E-state index contributed by atoms with van der Waals surface area (Å²) in [4.78, 5) is 2.63. The van der Waals surface area contributed by atoms with Gasteiger partial charge in [0.25, 0.3) is 0 Å². The summed E-state index contributed by atoms with van der Waals surface area (Å²) in [5, 5.41) is 3.72. The van der Waals surface area contributed by atoms with Crippen molar-refractivity contribution in [1.29, 1.82) is 0 Å². The summed E-state index contributed by atoms with van der Waals surface area (Å²) < 4.78 is 0. The van der Waals surface area contributed by atoms with Gasteiger partial charge in [0.15, 0.2) is 0 Å². The molecule has 1 aromatic rings. The van der Waals surface area contributed by atoms with E-state index in [1.807, 2.05) is 0 Å². The van der Waals surface area contributed by atoms with Crippen molar-refractivity contribution in [2.75, 3.05) is 18.0 Å². The highest BCUT2D eigenvalue weighted by Crippen LogP contribution is 2.23. The lowest BCUT2D eigenvalue weighted by Gasteiger charge is -2.42. The number of hydrogen-bond acceptors (Lipinski definition) is 2. The van der Waals surface area contributed by atoms with Crippen molar-refractivity contribution in [1.82, 2.24) is 5.32 Å². The molecule has 2 rings (SSSR count). The van der Waals surface area contributed by atoms with Gasteiger partial charge >= 0.3 is 0 Å². The fourth-order valence-corrected chi connectivity index (χ4v) is 3.32. The molecule has 1 aliphatic rings. The number of hydrogen-bond donors (Lipinski definition) is 1. The third-order valence-corrected chi connectivity index (χ3v) is 4.70. The van der Waals surface area contributed by atoms with E-state index in [1.165, 1.54) is 49.8 Å². The highest BCUT2D eigenvalue weighted by molar-refractivity contribution is 5.49. The molecule has 0 aromatic heterocycles. The number of rotatable bonds is 7. The highest BCUT2D eigenvalue weighted by Gasteiger charge is 2.26. The monoisotopic (exact) mass is 288 g/mol. The van der Waals surface area contributed by atoms with E-state index in [0.29, 0.717) is 12.1 Å². The second-order valence-electron chi connectivity index (χ2n) is 6.38. The van der Waals surface area contributed by atoms with Gasteiger partial charge in [-0.3, -0.25) is 0 Å². The van der Waals surface area contributed by atoms with Gasteiger partial charge in [0.05, 0.1) is 0 Å². The number of nitrogens with zero attached hydrogens (tertiary/aromatic N) is 1. The van der Waals surface area contributed by atoms with Crippen molar-refractivity contribution in [2.24, 2.45) is 0 Å². The molecule has 0 spiro atoms. The zero-order valence-electron chi connectivity index (χ0n) is 14.1. The fourth-order valence-electron chi connectivity index (χ4n) is 3.32. The van der Waals surface area contributed by atoms with Crippen molar-refractivity contribution in [2.45, 2.75) is 71.4 Å². The molecule has 1 saturated heterocycles. The van der Waals surface area contributed by atoms with Crippen LogP contribution in [0.1, 0.15) is 58.4 Å². The smallest absolute Gasteiger partial charge is 0.0412 e. The number of anilines is 1. The number of aryl methyl sites for hydroxylation is 1. The Labute approximate surface area is 130 Å². The van der Waals surface area contributed by atoms with Crippen LogP contribution in [0.5, 0.6) is 0 Å². The molecule has 2 unspecified atom stereocenters. The highest BCUT2D eigenvalue weighted by atomic mass is 15.2. The van der Waals surface area contributed by atoms with Crippen LogP contribution in [0.15, 0.2) is 24.3 Å². The maximum absolute atomic E-state index is 3.72. The average molecular weight is 288 g/mol. The first-order valence-corrected chi connectivity index (χ1v) is 8.87. The average Bonchev–Trinajstić information content (AvgIpc) is 2.53. The molecule has 1 aliphatic heterocycles. The molecule has 0 aliphatic carbocycles. The van der Waals surface area contributed by atoms with E-state index in [2.05, 4.69) is 55.3 Å². The van der Waals surface area contributed by atoms with E-state index in [4.69, 9.17) is 0 Å². The van der Waals surface area contributed by atoms with Gasteiger partial charge in [0, 0.05) is 30.9 Å². The SMILES string of the molecule is CCCCc1ccc(N2CC(CCC)NCC2CC)cc1. The Kier molecular flexibility index (Phi) is 6.56. The van der Waals surface area contributed by atoms with E-state index in [-0.39, 0.29) is 0 Å². The largest absolute Gasteiger partial charge is 0.366 e. The van der Waals surface area contributed by atoms with E-state index in [9.17, 15) is 0 Å². The predicted molar refractivity (Wildman–Crippen MR) is 93.2 cm³/mol. The number of benzene rings is 1. The Bertz CT molecular complexity index is 399. The second kappa shape index (κ2) is 8.43. The molecule has 21 heavy (non-hydrogen) atoms. The Morgan fingerprint density at radius 2 is 1.86 bits per heavy atom. The summed E-state index contributed by atoms with van der Waals surface area (Å²) >= 11 is 0. The lowest BCUT2D eigenvalue weighted by Crippen LogP contribution is -2.56. The molecule has 1 aromatic carbocycles. The van der Waals surface area contributed by atoms with Crippen LogP contribution in [0, 0.1) is 0 Å². The van der Waals surface area contributed by atoms with Crippen molar-refractivity contribution >= 4 is 5.69 Å². The van der Waals surface area contributed by atoms with Gasteiger partial charge in [0.1, 0.15) is 0 Å². The number of unbranched alkanes of at least 4 members (excludes halogenated alkanes) is 1. The topological polar surface area (TPSA) is 15.3 Å². The number of piperazine rings is 1. The lowest BCUT2D eigenvalue weighted by molar-refractivity contribution is 0.369. The molecule has 0 saturated carbocycles. The Morgan fingerprint density at radius 1 is 1.10 bits per heavy atom. The first kappa shape index (κ1) is 16.4. The van der Waals surface area contributed by atoms with Gasteiger partial charge in [-0.1, -0.05) is 45.7 Å². The van der Waals surface area contributed by atoms with Crippen LogP contribution in [0.4, 0.5) is 5.69 Å². The molecule has 2 nitrogen and oxygen atoms in total. The quantitative estimate of drug-likeness (QED) is 0.800. The molecule has 1 fully saturated rings. The maximum Gasteiger partial charge on any atom is 0.0412 e. The van der Waals surface area contributed by atoms with Crippen molar-refractivity contribution < 1.29 is 0 Å². The molecule has 2 heteroatoms. The first-order chi connectivity index (χ1) is 10.3. The molecule has 0 bridgehead atoms. The van der Waals surface area contributed by atoms with Gasteiger partial charge in [-0.05, 0) is 43.4 Å². The van der Waals surface area contributed by atoms with Gasteiger partial charge in [-0.15, -0.1) is 0 Å². The van der Waals surface area contributed by atoms with E-state index in [1.54, 1.807) is 0 Å². The lowest BCUT2D eigenvalue weighted by atomic mass is 10.0. The third kappa shape index (κ3) is 4.47. The Hall–Kier alpha value is -1.02. The molecule has 0 radical (unpaired) electrons. The summed E-state index contributed by atoms with van der Waals surface area (Å²) in [7, 11) is 0. The van der Waals surface area contributed by atoms with Crippen LogP contribution >= 0.6 is 0 Å². The predicted octanol–water partition coefficient (Wildman–Crippen LogP) is 4.39. The summed E-state index contributed by atoms with van der Waals surface area (Å²) in [6.45, 7) is 9.11. The third-order valence-electron chi connectivity index (χ3n) is 4.70. The van der Waals surface area contributed by atoms with E-state index < -0.39 is 0 Å². The summed E-state index contributed by atoms with van der Waals surface area (Å²) in [6.07, 6.45) is 7.54. The van der Waals surface area contributed by atoms with Crippen LogP contribution in [0.25, 0.3) is 0 Å². The Balaban J connectivity index is 2.05. The molecule has 2 atom stereocenters. The zero-order valence-corrected chi connectivity index (χ0v) is 14.1. The molecule has 0 amide bonds. The van der Waals surface area contributed by atoms with E-state index in [0.717, 1.165) is 13.1 Å². The molecule has 118 valence electrons. The molecule has 1 N–H and O–H groups in total. The fraction of sp³-hybridized carbons (Fsp3) is 0.684. The van der Waals surface area contributed by atoms with Crippen LogP contribution in [-0.2, 0) is 6.42 Å². The normalized spacial score (nSPS) is 22.5. The second-order valence-corrected chi connectivity index (χ2v) is 6.38. The van der Waals surface area contributed by atoms with E-state index >= 15 is 0 Å². The van der Waals surface area contributed by atoms with Gasteiger partial charge in [-0.25, -0.2) is 0 Å². The standard InChI is InChI=1S/C19H32N2/c1-4-7-9-16-10-12-19(13-11-16)21-15-17(8-5-2)20-14-18(21)6-3/h10-13,17-18,20H,4-9,14-15H2,1-3H3. The molecular formula is C19H32N2. The summed E-state index contributed by atoms with van der Waals surface area (Å²) in [5.41, 5.74) is 2.89. The van der Waals surface area contributed by atoms with Crippen molar-refractivity contribution in [3.8, 4) is 0 Å². The summed E-state index contributed by atoms with van der Waals surface area (Å²) in [6, 6.07) is 10.6.